The van der Waals surface area contributed by atoms with E-state index in [1.165, 1.54) is 0 Å². The predicted molar refractivity (Wildman–Crippen MR) is 269 cm³/mol. The van der Waals surface area contributed by atoms with Crippen LogP contribution in [-0.4, -0.2) is 122 Å². The Labute approximate surface area is 401 Å². The summed E-state index contributed by atoms with van der Waals surface area (Å²) in [6.07, 6.45) is 2.13. The molecule has 6 aromatic rings. The molecule has 1 aliphatic rings. The Hall–Kier alpha value is -6.51. The second kappa shape index (κ2) is 24.5. The Morgan fingerprint density at radius 3 is 1.38 bits per heavy atom. The molecule has 3 atom stereocenters. The molecule has 13 nitrogen and oxygen atoms in total. The van der Waals surface area contributed by atoms with Crippen molar-refractivity contribution in [1.29, 1.82) is 0 Å². The summed E-state index contributed by atoms with van der Waals surface area (Å²) in [5, 5.41) is 16.8. The van der Waals surface area contributed by atoms with E-state index in [2.05, 4.69) is 56.3 Å². The molecule has 0 spiro atoms. The van der Waals surface area contributed by atoms with Crippen molar-refractivity contribution < 1.29 is 23.7 Å². The van der Waals surface area contributed by atoms with Crippen LogP contribution in [-0.2, 0) is 32.8 Å². The molecule has 68 heavy (non-hydrogen) atoms. The first-order chi connectivity index (χ1) is 33.0. The first kappa shape index (κ1) is 49.4. The Bertz CT molecular complexity index is 2520. The molecule has 4 amide bonds. The molecule has 1 aliphatic heterocycles. The van der Waals surface area contributed by atoms with E-state index in [0.29, 0.717) is 45.8 Å². The SMILES string of the molecule is C[C@H](NCC(=O)N1CCN(CC(=O)NCc2ccc3c(c2)c2ccccc2c[n+]3C)CCN(C(=O)CN[C@@H](C)c2ccccc2)CCN(C(=O)CN[C@@H](C)c2ccccc2)CC1)c1ccccc1. The minimum absolute atomic E-state index is 0.0543. The van der Waals surface area contributed by atoms with Gasteiger partial charge in [-0.25, -0.2) is 4.57 Å². The van der Waals surface area contributed by atoms with E-state index in [-0.39, 0.29) is 81.0 Å². The minimum Gasteiger partial charge on any atom is -0.351 e. The number of fused-ring (bicyclic) bond motifs is 3. The molecule has 7 rings (SSSR count). The lowest BCUT2D eigenvalue weighted by Gasteiger charge is -2.35. The molecular formula is C55H68N9O4+. The Balaban J connectivity index is 1.08. The summed E-state index contributed by atoms with van der Waals surface area (Å²) in [6, 6.07) is 44.4. The number of rotatable bonds is 16. The van der Waals surface area contributed by atoms with Crippen LogP contribution in [0.4, 0.5) is 0 Å². The van der Waals surface area contributed by atoms with Crippen LogP contribution in [0.5, 0.6) is 0 Å². The van der Waals surface area contributed by atoms with Crippen molar-refractivity contribution in [2.75, 3.05) is 78.5 Å². The largest absolute Gasteiger partial charge is 0.351 e. The number of aromatic nitrogens is 1. The molecule has 1 fully saturated rings. The molecule has 0 bridgehead atoms. The minimum atomic E-state index is -0.151. The first-order valence-corrected chi connectivity index (χ1v) is 24.0. The van der Waals surface area contributed by atoms with Crippen LogP contribution < -0.4 is 25.8 Å². The van der Waals surface area contributed by atoms with Gasteiger partial charge in [-0.1, -0.05) is 115 Å². The number of carbonyl (C=O) groups excluding carboxylic acids is 4. The van der Waals surface area contributed by atoms with E-state index in [9.17, 15) is 19.2 Å². The topological polar surface area (TPSA) is 133 Å². The van der Waals surface area contributed by atoms with Gasteiger partial charge in [0.25, 0.3) is 0 Å². The fourth-order valence-electron chi connectivity index (χ4n) is 8.81. The van der Waals surface area contributed by atoms with Gasteiger partial charge in [-0.15, -0.1) is 0 Å². The number of pyridine rings is 1. The van der Waals surface area contributed by atoms with Crippen molar-refractivity contribution >= 4 is 45.3 Å². The molecule has 5 aromatic carbocycles. The molecule has 0 unspecified atom stereocenters. The van der Waals surface area contributed by atoms with Gasteiger partial charge in [0.1, 0.15) is 7.05 Å². The monoisotopic (exact) mass is 919 g/mol. The van der Waals surface area contributed by atoms with Gasteiger partial charge in [-0.05, 0) is 55.2 Å². The molecular weight excluding hydrogens is 851 g/mol. The quantitative estimate of drug-likeness (QED) is 0.0762. The third-order valence-electron chi connectivity index (χ3n) is 13.2. The molecule has 4 N–H and O–H groups in total. The van der Waals surface area contributed by atoms with Gasteiger partial charge in [0.2, 0.25) is 29.1 Å². The van der Waals surface area contributed by atoms with Crippen LogP contribution in [0, 0.1) is 0 Å². The van der Waals surface area contributed by atoms with Crippen molar-refractivity contribution in [2.24, 2.45) is 7.05 Å². The summed E-state index contributed by atoms with van der Waals surface area (Å²) in [4.78, 5) is 63.7. The number of benzene rings is 5. The number of carbonyl (C=O) groups is 4. The summed E-state index contributed by atoms with van der Waals surface area (Å²) >= 11 is 0. The number of hydrogen-bond acceptors (Lipinski definition) is 8. The average molecular weight is 919 g/mol. The third kappa shape index (κ3) is 13.8. The molecule has 0 aliphatic carbocycles. The number of nitrogens with one attached hydrogen (secondary N) is 4. The highest BCUT2D eigenvalue weighted by Gasteiger charge is 2.25. The number of hydrogen-bond donors (Lipinski definition) is 4. The Morgan fingerprint density at radius 2 is 0.926 bits per heavy atom. The van der Waals surface area contributed by atoms with E-state index < -0.39 is 0 Å². The van der Waals surface area contributed by atoms with Crippen molar-refractivity contribution in [2.45, 2.75) is 45.4 Å². The van der Waals surface area contributed by atoms with E-state index >= 15 is 0 Å². The van der Waals surface area contributed by atoms with Crippen LogP contribution in [0.15, 0.2) is 140 Å². The molecule has 13 heteroatoms. The molecule has 1 saturated heterocycles. The highest BCUT2D eigenvalue weighted by atomic mass is 16.2. The fraction of sp³-hybridized carbons (Fsp3) is 0.364. The number of aryl methyl sites for hydroxylation is 1. The van der Waals surface area contributed by atoms with Gasteiger partial charge in [0.15, 0.2) is 6.20 Å². The van der Waals surface area contributed by atoms with Crippen molar-refractivity contribution in [3.8, 4) is 0 Å². The van der Waals surface area contributed by atoms with Gasteiger partial charge in [-0.3, -0.25) is 24.1 Å². The standard InChI is InChI=1S/C55H67N9O4/c1-41(45-16-8-5-9-17-45)56-36-53(66)62-28-26-61(40-52(65)59-35-44-24-25-51-50(34-44)49-23-15-14-22-48(49)39-60(51)4)27-29-63(54(67)37-57-42(2)46-18-10-6-11-19-46)31-33-64(32-30-62)55(68)38-58-43(3)47-20-12-7-13-21-47/h5-25,34,39,41-43,56-58H,26-33,35-38,40H2,1-4H3/p+1/t41-,42-,43-/m0/s1. The average Bonchev–Trinajstić information content (AvgIpc) is 3.37. The van der Waals surface area contributed by atoms with E-state index in [0.717, 1.165) is 43.9 Å². The number of amides is 4. The van der Waals surface area contributed by atoms with Gasteiger partial charge < -0.3 is 36.0 Å². The van der Waals surface area contributed by atoms with Gasteiger partial charge in [0, 0.05) is 93.9 Å². The van der Waals surface area contributed by atoms with Crippen LogP contribution in [0.2, 0.25) is 0 Å². The lowest BCUT2D eigenvalue weighted by Crippen LogP contribution is -2.53. The highest BCUT2D eigenvalue weighted by molar-refractivity contribution is 6.04. The predicted octanol–water partition coefficient (Wildman–Crippen LogP) is 5.29. The summed E-state index contributed by atoms with van der Waals surface area (Å²) in [6.45, 7) is 9.44. The molecule has 0 radical (unpaired) electrons. The summed E-state index contributed by atoms with van der Waals surface area (Å²) in [5.41, 5.74) is 5.33. The van der Waals surface area contributed by atoms with Gasteiger partial charge in [-0.2, -0.15) is 0 Å². The molecule has 2 heterocycles. The maximum atomic E-state index is 14.1. The van der Waals surface area contributed by atoms with Crippen molar-refractivity contribution in [3.63, 3.8) is 0 Å². The maximum Gasteiger partial charge on any atom is 0.236 e. The second-order valence-electron chi connectivity index (χ2n) is 17.9. The Morgan fingerprint density at radius 1 is 0.515 bits per heavy atom. The summed E-state index contributed by atoms with van der Waals surface area (Å²) in [7, 11) is 2.04. The number of nitrogens with zero attached hydrogens (tertiary/aromatic N) is 5. The van der Waals surface area contributed by atoms with Gasteiger partial charge in [0.05, 0.1) is 31.6 Å². The van der Waals surface area contributed by atoms with Crippen LogP contribution >= 0.6 is 0 Å². The third-order valence-corrected chi connectivity index (χ3v) is 13.2. The first-order valence-electron chi connectivity index (χ1n) is 24.0. The van der Waals surface area contributed by atoms with Crippen LogP contribution in [0.3, 0.4) is 0 Å². The highest BCUT2D eigenvalue weighted by Crippen LogP contribution is 2.23. The molecule has 0 saturated carbocycles. The zero-order valence-corrected chi connectivity index (χ0v) is 40.1. The van der Waals surface area contributed by atoms with E-state index in [1.807, 2.05) is 142 Å². The van der Waals surface area contributed by atoms with E-state index in [1.54, 1.807) is 14.7 Å². The molecule has 356 valence electrons. The summed E-state index contributed by atoms with van der Waals surface area (Å²) in [5.74, 6) is -0.444. The fourth-order valence-corrected chi connectivity index (χ4v) is 8.81. The maximum absolute atomic E-state index is 14.1. The summed E-state index contributed by atoms with van der Waals surface area (Å²) < 4.78 is 2.12. The van der Waals surface area contributed by atoms with Crippen LogP contribution in [0.1, 0.15) is 61.2 Å². The second-order valence-corrected chi connectivity index (χ2v) is 17.9. The zero-order chi connectivity index (χ0) is 47.8. The molecule has 1 aromatic heterocycles. The Kier molecular flexibility index (Phi) is 17.8. The van der Waals surface area contributed by atoms with Crippen LogP contribution in [0.25, 0.3) is 21.7 Å². The zero-order valence-electron chi connectivity index (χ0n) is 40.1. The van der Waals surface area contributed by atoms with Gasteiger partial charge >= 0.3 is 0 Å². The lowest BCUT2D eigenvalue weighted by molar-refractivity contribution is -0.643. The smallest absolute Gasteiger partial charge is 0.236 e. The lowest BCUT2D eigenvalue weighted by atomic mass is 10.0. The normalized spacial score (nSPS) is 15.6. The van der Waals surface area contributed by atoms with E-state index in [4.69, 9.17) is 0 Å². The van der Waals surface area contributed by atoms with Crippen molar-refractivity contribution in [3.05, 3.63) is 162 Å². The van der Waals surface area contributed by atoms with Crippen molar-refractivity contribution in [1.82, 2.24) is 40.9 Å².